The van der Waals surface area contributed by atoms with Crippen molar-refractivity contribution in [3.63, 3.8) is 0 Å². The number of alkyl carbamates (subject to hydrolysis) is 1. The molecule has 0 bridgehead atoms. The minimum absolute atomic E-state index is 0.00698. The highest BCUT2D eigenvalue weighted by Crippen LogP contribution is 2.33. The number of carbonyl (C=O) groups is 1. The molecule has 0 radical (unpaired) electrons. The number of aryl methyl sites for hydroxylation is 2. The van der Waals surface area contributed by atoms with Gasteiger partial charge in [-0.15, -0.1) is 0 Å². The normalized spacial score (nSPS) is 19.3. The molecule has 25 heavy (non-hydrogen) atoms. The van der Waals surface area contributed by atoms with Crippen LogP contribution in [0.25, 0.3) is 11.4 Å². The summed E-state index contributed by atoms with van der Waals surface area (Å²) in [6.07, 6.45) is 2.19. The van der Waals surface area contributed by atoms with E-state index >= 15 is 0 Å². The van der Waals surface area contributed by atoms with Crippen LogP contribution < -0.4 is 10.6 Å². The Bertz CT molecular complexity index is 769. The number of nitrogens with zero attached hydrogens (tertiary/aromatic N) is 2. The lowest BCUT2D eigenvalue weighted by Gasteiger charge is -2.26. The zero-order chi connectivity index (χ0) is 17.2. The molecule has 1 aromatic carbocycles. The lowest BCUT2D eigenvalue weighted by Crippen LogP contribution is -2.45. The minimum Gasteiger partial charge on any atom is -0.449 e. The molecule has 7 nitrogen and oxygen atoms in total. The number of benzene rings is 1. The van der Waals surface area contributed by atoms with Gasteiger partial charge in [0.15, 0.2) is 0 Å². The smallest absolute Gasteiger partial charge is 0.407 e. The summed E-state index contributed by atoms with van der Waals surface area (Å²) in [6.45, 7) is 4.32. The van der Waals surface area contributed by atoms with E-state index < -0.39 is 0 Å². The summed E-state index contributed by atoms with van der Waals surface area (Å²) in [6, 6.07) is 6.12. The highest BCUT2D eigenvalue weighted by Gasteiger charge is 2.26. The Labute approximate surface area is 146 Å². The third-order valence-corrected chi connectivity index (χ3v) is 4.86. The number of nitrogens with one attached hydrogen (secondary N) is 2. The first kappa shape index (κ1) is 16.1. The molecule has 2 N–H and O–H groups in total. The third kappa shape index (κ3) is 3.37. The second kappa shape index (κ2) is 6.84. The topological polar surface area (TPSA) is 89.3 Å². The fourth-order valence-corrected chi connectivity index (χ4v) is 3.27. The first-order valence-electron chi connectivity index (χ1n) is 8.82. The number of ether oxygens (including phenoxy) is 1. The maximum Gasteiger partial charge on any atom is 0.407 e. The Morgan fingerprint density at radius 3 is 3.04 bits per heavy atom. The Morgan fingerprint density at radius 2 is 2.32 bits per heavy atom. The van der Waals surface area contributed by atoms with E-state index in [4.69, 9.17) is 9.26 Å². The van der Waals surface area contributed by atoms with E-state index in [1.807, 2.05) is 19.1 Å². The van der Waals surface area contributed by atoms with Crippen LogP contribution >= 0.6 is 0 Å². The van der Waals surface area contributed by atoms with Gasteiger partial charge in [0.2, 0.25) is 11.7 Å². The van der Waals surface area contributed by atoms with Gasteiger partial charge in [-0.3, -0.25) is 0 Å². The molecule has 1 atom stereocenters. The molecule has 1 saturated heterocycles. The maximum absolute atomic E-state index is 12.0. The van der Waals surface area contributed by atoms with Crippen LogP contribution in [-0.2, 0) is 17.6 Å². The molecular weight excluding hydrogens is 320 g/mol. The van der Waals surface area contributed by atoms with Crippen molar-refractivity contribution in [1.29, 1.82) is 0 Å². The van der Waals surface area contributed by atoms with Gasteiger partial charge in [0.1, 0.15) is 0 Å². The average Bonchev–Trinajstić information content (AvgIpc) is 3.20. The lowest BCUT2D eigenvalue weighted by atomic mass is 10.0. The highest BCUT2D eigenvalue weighted by molar-refractivity contribution is 5.68. The molecule has 1 aliphatic heterocycles. The Hall–Kier alpha value is -2.41. The summed E-state index contributed by atoms with van der Waals surface area (Å²) in [5, 5.41) is 10.2. The van der Waals surface area contributed by atoms with Gasteiger partial charge in [0, 0.05) is 31.0 Å². The summed E-state index contributed by atoms with van der Waals surface area (Å²) in [5.74, 6) is 1.70. The number of amides is 1. The summed E-state index contributed by atoms with van der Waals surface area (Å²) >= 11 is 0. The number of carbonyl (C=O) groups excluding carboxylic acids is 1. The summed E-state index contributed by atoms with van der Waals surface area (Å²) in [4.78, 5) is 16.4. The molecule has 2 aromatic rings. The molecular formula is C18H22N4O3. The van der Waals surface area contributed by atoms with Crippen LogP contribution in [-0.4, -0.2) is 35.9 Å². The number of aromatic nitrogens is 2. The molecule has 0 spiro atoms. The molecule has 0 unspecified atom stereocenters. The van der Waals surface area contributed by atoms with E-state index in [2.05, 4.69) is 26.8 Å². The number of hydrogen-bond donors (Lipinski definition) is 2. The SMILES string of the molecule is CCc1nc(-c2ccc3c(c2)CC[C@H]3NC(=O)OCC2CNC2)no1. The van der Waals surface area contributed by atoms with Gasteiger partial charge in [-0.05, 0) is 30.0 Å². The minimum atomic E-state index is -0.334. The van der Waals surface area contributed by atoms with Crippen LogP contribution in [0.2, 0.25) is 0 Å². The molecule has 0 saturated carbocycles. The maximum atomic E-state index is 12.0. The van der Waals surface area contributed by atoms with Gasteiger partial charge in [-0.1, -0.05) is 24.2 Å². The van der Waals surface area contributed by atoms with Crippen molar-refractivity contribution in [3.8, 4) is 11.4 Å². The predicted octanol–water partition coefficient (Wildman–Crippen LogP) is 2.23. The van der Waals surface area contributed by atoms with Crippen molar-refractivity contribution < 1.29 is 14.1 Å². The standard InChI is InChI=1S/C18H22N4O3/c1-2-16-21-17(22-25-16)13-3-5-14-12(7-13)4-6-15(14)20-18(23)24-10-11-8-19-9-11/h3,5,7,11,15,19H,2,4,6,8-10H2,1H3,(H,20,23)/t15-/m1/s1. The van der Waals surface area contributed by atoms with E-state index in [1.165, 1.54) is 5.56 Å². The van der Waals surface area contributed by atoms with Gasteiger partial charge < -0.3 is 19.9 Å². The van der Waals surface area contributed by atoms with E-state index in [1.54, 1.807) is 0 Å². The Morgan fingerprint density at radius 1 is 1.44 bits per heavy atom. The molecule has 1 amide bonds. The fraction of sp³-hybridized carbons (Fsp3) is 0.500. The highest BCUT2D eigenvalue weighted by atomic mass is 16.5. The summed E-state index contributed by atoms with van der Waals surface area (Å²) in [5.41, 5.74) is 3.31. The molecule has 1 aromatic heterocycles. The molecule has 7 heteroatoms. The Kier molecular flexibility index (Phi) is 4.40. The van der Waals surface area contributed by atoms with E-state index in [-0.39, 0.29) is 12.1 Å². The van der Waals surface area contributed by atoms with Crippen LogP contribution in [0, 0.1) is 5.92 Å². The van der Waals surface area contributed by atoms with Crippen molar-refractivity contribution in [2.24, 2.45) is 5.92 Å². The molecule has 1 aliphatic carbocycles. The first-order chi connectivity index (χ1) is 12.2. The fourth-order valence-electron chi connectivity index (χ4n) is 3.27. The first-order valence-corrected chi connectivity index (χ1v) is 8.82. The van der Waals surface area contributed by atoms with Crippen molar-refractivity contribution in [1.82, 2.24) is 20.8 Å². The van der Waals surface area contributed by atoms with Crippen LogP contribution in [0.1, 0.15) is 36.4 Å². The van der Waals surface area contributed by atoms with Gasteiger partial charge in [0.05, 0.1) is 12.6 Å². The van der Waals surface area contributed by atoms with Gasteiger partial charge >= 0.3 is 6.09 Å². The molecule has 2 heterocycles. The van der Waals surface area contributed by atoms with Crippen molar-refractivity contribution in [2.45, 2.75) is 32.2 Å². The zero-order valence-electron chi connectivity index (χ0n) is 14.2. The monoisotopic (exact) mass is 342 g/mol. The lowest BCUT2D eigenvalue weighted by molar-refractivity contribution is 0.109. The van der Waals surface area contributed by atoms with Crippen LogP contribution in [0.3, 0.4) is 0 Å². The molecule has 132 valence electrons. The van der Waals surface area contributed by atoms with Crippen LogP contribution in [0.4, 0.5) is 4.79 Å². The Balaban J connectivity index is 1.41. The van der Waals surface area contributed by atoms with Gasteiger partial charge in [-0.25, -0.2) is 4.79 Å². The predicted molar refractivity (Wildman–Crippen MR) is 91.0 cm³/mol. The largest absolute Gasteiger partial charge is 0.449 e. The van der Waals surface area contributed by atoms with E-state index in [0.29, 0.717) is 24.2 Å². The molecule has 2 aliphatic rings. The van der Waals surface area contributed by atoms with E-state index in [9.17, 15) is 4.79 Å². The second-order valence-corrected chi connectivity index (χ2v) is 6.64. The number of hydrogen-bond acceptors (Lipinski definition) is 6. The van der Waals surface area contributed by atoms with Crippen molar-refractivity contribution >= 4 is 6.09 Å². The number of rotatable bonds is 5. The second-order valence-electron chi connectivity index (χ2n) is 6.64. The van der Waals surface area contributed by atoms with Gasteiger partial charge in [-0.2, -0.15) is 4.98 Å². The zero-order valence-corrected chi connectivity index (χ0v) is 14.2. The quantitative estimate of drug-likeness (QED) is 0.866. The van der Waals surface area contributed by atoms with Crippen molar-refractivity contribution in [2.75, 3.05) is 19.7 Å². The molecule has 1 fully saturated rings. The molecule has 4 rings (SSSR count). The number of fused-ring (bicyclic) bond motifs is 1. The summed E-state index contributed by atoms with van der Waals surface area (Å²) in [7, 11) is 0. The van der Waals surface area contributed by atoms with Crippen LogP contribution in [0.15, 0.2) is 22.7 Å². The average molecular weight is 342 g/mol. The van der Waals surface area contributed by atoms with Gasteiger partial charge in [0.25, 0.3) is 0 Å². The third-order valence-electron chi connectivity index (χ3n) is 4.86. The van der Waals surface area contributed by atoms with E-state index in [0.717, 1.165) is 43.5 Å². The van der Waals surface area contributed by atoms with Crippen molar-refractivity contribution in [3.05, 3.63) is 35.2 Å². The summed E-state index contributed by atoms with van der Waals surface area (Å²) < 4.78 is 10.5. The van der Waals surface area contributed by atoms with Crippen LogP contribution in [0.5, 0.6) is 0 Å².